The molecular weight excluding hydrogens is 329 g/mol. The van der Waals surface area contributed by atoms with Crippen LogP contribution in [-0.4, -0.2) is 43.2 Å². The molecule has 1 aliphatic carbocycles. The number of rotatable bonds is 3. The van der Waals surface area contributed by atoms with Crippen molar-refractivity contribution in [3.63, 3.8) is 0 Å². The van der Waals surface area contributed by atoms with E-state index in [9.17, 15) is 0 Å². The highest BCUT2D eigenvalue weighted by Gasteiger charge is 2.49. The number of nitrogens with two attached hydrogens (primary N) is 1. The van der Waals surface area contributed by atoms with E-state index in [1.165, 1.54) is 0 Å². The van der Waals surface area contributed by atoms with Crippen LogP contribution in [-0.2, 0) is 4.74 Å². The third kappa shape index (κ3) is 3.98. The molecule has 0 aromatic rings. The Hall–Kier alpha value is -0.0400. The lowest BCUT2D eigenvalue weighted by molar-refractivity contribution is -0.129. The zero-order valence-corrected chi connectivity index (χ0v) is 14.1. The predicted molar refractivity (Wildman–Crippen MR) is 82.9 cm³/mol. The molecule has 17 heavy (non-hydrogen) atoms. The van der Waals surface area contributed by atoms with E-state index in [2.05, 4.69) is 32.7 Å². The van der Waals surface area contributed by atoms with E-state index in [1.807, 2.05) is 19.0 Å². The first-order valence-electron chi connectivity index (χ1n) is 5.91. The average molecular weight is 355 g/mol. The fraction of sp³-hybridized carbons (Fsp3) is 0.917. The zero-order chi connectivity index (χ0) is 12.5. The minimum absolute atomic E-state index is 0. The van der Waals surface area contributed by atoms with E-state index < -0.39 is 0 Å². The van der Waals surface area contributed by atoms with Crippen LogP contribution in [0, 0.1) is 5.41 Å². The second-order valence-corrected chi connectivity index (χ2v) is 5.63. The maximum absolute atomic E-state index is 5.85. The molecule has 0 aromatic heterocycles. The lowest BCUT2D eigenvalue weighted by Crippen LogP contribution is -2.55. The molecule has 2 N–H and O–H groups in total. The smallest absolute Gasteiger partial charge is 0.191 e. The van der Waals surface area contributed by atoms with Gasteiger partial charge in [-0.1, -0.05) is 13.8 Å². The van der Waals surface area contributed by atoms with Crippen molar-refractivity contribution >= 4 is 29.9 Å². The Bertz CT molecular complexity index is 277. The molecule has 0 amide bonds. The summed E-state index contributed by atoms with van der Waals surface area (Å²) in [5.41, 5.74) is 5.92. The van der Waals surface area contributed by atoms with Gasteiger partial charge < -0.3 is 15.4 Å². The molecule has 0 saturated heterocycles. The number of ether oxygens (including phenoxy) is 1. The number of hydrogen-bond donors (Lipinski definition) is 1. The molecule has 1 aliphatic rings. The van der Waals surface area contributed by atoms with E-state index in [4.69, 9.17) is 10.5 Å². The van der Waals surface area contributed by atoms with Crippen LogP contribution < -0.4 is 5.73 Å². The summed E-state index contributed by atoms with van der Waals surface area (Å²) in [5.74, 6) is 0.598. The Labute approximate surface area is 122 Å². The van der Waals surface area contributed by atoms with Gasteiger partial charge in [-0.15, -0.1) is 24.0 Å². The van der Waals surface area contributed by atoms with Gasteiger partial charge in [-0.2, -0.15) is 0 Å². The van der Waals surface area contributed by atoms with Crippen molar-refractivity contribution in [2.24, 2.45) is 16.1 Å². The van der Waals surface area contributed by atoms with Crippen molar-refractivity contribution in [1.29, 1.82) is 0 Å². The summed E-state index contributed by atoms with van der Waals surface area (Å²) < 4.78 is 5.85. The molecule has 2 atom stereocenters. The summed E-state index contributed by atoms with van der Waals surface area (Å²) >= 11 is 0. The number of nitrogens with zero attached hydrogens (tertiary/aromatic N) is 2. The first-order valence-corrected chi connectivity index (χ1v) is 5.91. The average Bonchev–Trinajstić information content (AvgIpc) is 2.15. The monoisotopic (exact) mass is 355 g/mol. The van der Waals surface area contributed by atoms with Crippen molar-refractivity contribution in [1.82, 2.24) is 4.90 Å². The van der Waals surface area contributed by atoms with Crippen molar-refractivity contribution in [3.8, 4) is 0 Å². The van der Waals surface area contributed by atoms with Gasteiger partial charge in [-0.25, -0.2) is 4.99 Å². The summed E-state index contributed by atoms with van der Waals surface area (Å²) in [5, 5.41) is 0. The minimum Gasteiger partial charge on any atom is -0.375 e. The molecule has 0 bridgehead atoms. The normalized spacial score (nSPS) is 27.4. The van der Waals surface area contributed by atoms with Crippen LogP contribution in [0.25, 0.3) is 0 Å². The highest BCUT2D eigenvalue weighted by molar-refractivity contribution is 14.0. The van der Waals surface area contributed by atoms with E-state index in [0.717, 1.165) is 6.42 Å². The fourth-order valence-electron chi connectivity index (χ4n) is 1.92. The Morgan fingerprint density at radius 1 is 1.41 bits per heavy atom. The lowest BCUT2D eigenvalue weighted by Gasteiger charge is -2.50. The van der Waals surface area contributed by atoms with E-state index in [0.29, 0.717) is 12.1 Å². The maximum atomic E-state index is 5.85. The molecule has 0 aromatic carbocycles. The Morgan fingerprint density at radius 2 is 1.94 bits per heavy atom. The quantitative estimate of drug-likeness (QED) is 0.479. The molecule has 2 unspecified atom stereocenters. The highest BCUT2D eigenvalue weighted by Crippen LogP contribution is 2.45. The van der Waals surface area contributed by atoms with Crippen molar-refractivity contribution in [2.45, 2.75) is 52.4 Å². The second kappa shape index (κ2) is 6.22. The molecule has 0 aliphatic heterocycles. The molecule has 0 radical (unpaired) electrons. The first-order chi connectivity index (χ1) is 7.25. The van der Waals surface area contributed by atoms with E-state index >= 15 is 0 Å². The van der Waals surface area contributed by atoms with Gasteiger partial charge in [0.1, 0.15) is 0 Å². The zero-order valence-electron chi connectivity index (χ0n) is 11.7. The number of aliphatic imine (C=N–C) groups is 1. The number of hydrogen-bond acceptors (Lipinski definition) is 2. The predicted octanol–water partition coefficient (Wildman–Crippen LogP) is 2.07. The lowest BCUT2D eigenvalue weighted by atomic mass is 9.64. The largest absolute Gasteiger partial charge is 0.375 e. The molecule has 0 heterocycles. The molecular formula is C12H26IN3O. The van der Waals surface area contributed by atoms with Crippen molar-refractivity contribution in [3.05, 3.63) is 0 Å². The van der Waals surface area contributed by atoms with Crippen LogP contribution in [0.2, 0.25) is 0 Å². The van der Waals surface area contributed by atoms with Gasteiger partial charge in [0.25, 0.3) is 0 Å². The van der Waals surface area contributed by atoms with Gasteiger partial charge in [-0.3, -0.25) is 0 Å². The van der Waals surface area contributed by atoms with Crippen molar-refractivity contribution in [2.75, 3.05) is 14.1 Å². The number of guanidine groups is 1. The van der Waals surface area contributed by atoms with Gasteiger partial charge in [0.15, 0.2) is 5.96 Å². The summed E-state index contributed by atoms with van der Waals surface area (Å²) in [6.07, 6.45) is 1.55. The third-order valence-corrected chi connectivity index (χ3v) is 3.31. The topological polar surface area (TPSA) is 50.9 Å². The summed E-state index contributed by atoms with van der Waals surface area (Å²) in [4.78, 5) is 6.37. The fourth-order valence-corrected chi connectivity index (χ4v) is 1.92. The molecule has 1 saturated carbocycles. The molecule has 5 heteroatoms. The maximum Gasteiger partial charge on any atom is 0.191 e. The van der Waals surface area contributed by atoms with Gasteiger partial charge >= 0.3 is 0 Å². The summed E-state index contributed by atoms with van der Waals surface area (Å²) in [6.45, 7) is 8.53. The highest BCUT2D eigenvalue weighted by atomic mass is 127. The van der Waals surface area contributed by atoms with Crippen LogP contribution in [0.3, 0.4) is 0 Å². The first kappa shape index (κ1) is 17.0. The van der Waals surface area contributed by atoms with Crippen LogP contribution in [0.5, 0.6) is 0 Å². The summed E-state index contributed by atoms with van der Waals surface area (Å²) in [7, 11) is 3.82. The molecule has 102 valence electrons. The van der Waals surface area contributed by atoms with Crippen LogP contribution in [0.4, 0.5) is 0 Å². The van der Waals surface area contributed by atoms with Gasteiger partial charge in [0.2, 0.25) is 0 Å². The minimum atomic E-state index is 0. The summed E-state index contributed by atoms with van der Waals surface area (Å²) in [6, 6.07) is 0.277. The standard InChI is InChI=1S/C12H25N3O.HI/c1-8(2)16-10-7-9(12(10,3)4)14-11(13)15(5)6;/h8-10H,7H2,1-6H3,(H2,13,14);1H. The van der Waals surface area contributed by atoms with Gasteiger partial charge in [0, 0.05) is 19.5 Å². The van der Waals surface area contributed by atoms with Crippen LogP contribution in [0.1, 0.15) is 34.1 Å². The number of halogens is 1. The van der Waals surface area contributed by atoms with Crippen LogP contribution >= 0.6 is 24.0 Å². The second-order valence-electron chi connectivity index (χ2n) is 5.63. The Kier molecular flexibility index (Phi) is 6.21. The van der Waals surface area contributed by atoms with E-state index in [1.54, 1.807) is 0 Å². The van der Waals surface area contributed by atoms with Crippen molar-refractivity contribution < 1.29 is 4.74 Å². The molecule has 1 fully saturated rings. The van der Waals surface area contributed by atoms with Gasteiger partial charge in [-0.05, 0) is 20.3 Å². The molecule has 1 rings (SSSR count). The third-order valence-electron chi connectivity index (χ3n) is 3.31. The van der Waals surface area contributed by atoms with E-state index in [-0.39, 0.29) is 41.5 Å². The van der Waals surface area contributed by atoms with Gasteiger partial charge in [0.05, 0.1) is 18.2 Å². The molecule has 0 spiro atoms. The SMILES string of the molecule is CC(C)OC1CC(N=C(N)N(C)C)C1(C)C.I. The molecule has 4 nitrogen and oxygen atoms in total. The van der Waals surface area contributed by atoms with Crippen LogP contribution in [0.15, 0.2) is 4.99 Å². The Balaban J connectivity index is 0.00000256. The Morgan fingerprint density at radius 3 is 2.29 bits per heavy atom.